The fraction of sp³-hybridized carbons (Fsp3) is 0.333. The Morgan fingerprint density at radius 3 is 2.92 bits per heavy atom. The van der Waals surface area contributed by atoms with Crippen LogP contribution in [0, 0.1) is 0 Å². The lowest BCUT2D eigenvalue weighted by Gasteiger charge is -1.99. The van der Waals surface area contributed by atoms with E-state index in [1.54, 1.807) is 6.20 Å². The van der Waals surface area contributed by atoms with E-state index in [4.69, 9.17) is 0 Å². The largest absolute Gasteiger partial charge is 0.327 e. The Morgan fingerprint density at radius 1 is 1.46 bits per heavy atom. The molecule has 68 valence electrons. The van der Waals surface area contributed by atoms with Crippen LogP contribution in [0.25, 0.3) is 10.9 Å². The van der Waals surface area contributed by atoms with Crippen LogP contribution in [0.4, 0.5) is 0 Å². The Morgan fingerprint density at radius 2 is 2.23 bits per heavy atom. The summed E-state index contributed by atoms with van der Waals surface area (Å²) in [6.07, 6.45) is 1.64. The van der Waals surface area contributed by atoms with Gasteiger partial charge in [-0.1, -0.05) is 13.8 Å². The van der Waals surface area contributed by atoms with Crippen molar-refractivity contribution in [3.05, 3.63) is 28.3 Å². The third-order valence-electron chi connectivity index (χ3n) is 2.09. The minimum Gasteiger partial charge on any atom is -0.327 e. The predicted octanol–water partition coefficient (Wildman–Crippen LogP) is 1.37. The number of nitrogens with zero attached hydrogens (tertiary/aromatic N) is 1. The van der Waals surface area contributed by atoms with Crippen LogP contribution in [0.1, 0.15) is 25.5 Å². The first kappa shape index (κ1) is 8.04. The number of rotatable bonds is 1. The van der Waals surface area contributed by atoms with Gasteiger partial charge in [0.1, 0.15) is 0 Å². The molecule has 13 heavy (non-hydrogen) atoms. The summed E-state index contributed by atoms with van der Waals surface area (Å²) in [5, 5.41) is 7.77. The smallest absolute Gasteiger partial charge is 0.276 e. The molecule has 2 aromatic rings. The van der Waals surface area contributed by atoms with Gasteiger partial charge in [-0.3, -0.25) is 9.89 Å². The van der Waals surface area contributed by atoms with Crippen molar-refractivity contribution in [3.8, 4) is 0 Å². The number of nitrogens with one attached hydrogen (secondary N) is 2. The first-order valence-corrected chi connectivity index (χ1v) is 4.26. The van der Waals surface area contributed by atoms with Gasteiger partial charge in [0, 0.05) is 17.3 Å². The highest BCUT2D eigenvalue weighted by Crippen LogP contribution is 2.19. The summed E-state index contributed by atoms with van der Waals surface area (Å²) in [5.74, 6) is 0.354. The Hall–Kier alpha value is -1.58. The number of aromatic amines is 2. The highest BCUT2D eigenvalue weighted by Gasteiger charge is 2.09. The molecular formula is C9H11N3O. The number of hydrogen-bond donors (Lipinski definition) is 2. The second-order valence-corrected chi connectivity index (χ2v) is 3.36. The fourth-order valence-electron chi connectivity index (χ4n) is 1.42. The van der Waals surface area contributed by atoms with Crippen LogP contribution in [0.2, 0.25) is 0 Å². The Labute approximate surface area is 75.0 Å². The van der Waals surface area contributed by atoms with E-state index in [1.165, 1.54) is 0 Å². The van der Waals surface area contributed by atoms with Gasteiger partial charge < -0.3 is 4.98 Å². The maximum atomic E-state index is 11.3. The molecule has 0 bridgehead atoms. The van der Waals surface area contributed by atoms with Gasteiger partial charge in [-0.25, -0.2) is 0 Å². The first-order valence-electron chi connectivity index (χ1n) is 4.26. The molecule has 0 atom stereocenters. The van der Waals surface area contributed by atoms with Crippen LogP contribution in [-0.2, 0) is 0 Å². The molecule has 2 heterocycles. The van der Waals surface area contributed by atoms with Crippen molar-refractivity contribution in [1.29, 1.82) is 0 Å². The molecule has 2 N–H and O–H groups in total. The van der Waals surface area contributed by atoms with E-state index in [2.05, 4.69) is 29.0 Å². The van der Waals surface area contributed by atoms with Crippen molar-refractivity contribution < 1.29 is 0 Å². The second kappa shape index (κ2) is 2.73. The zero-order chi connectivity index (χ0) is 9.42. The lowest BCUT2D eigenvalue weighted by atomic mass is 10.1. The van der Waals surface area contributed by atoms with Crippen LogP contribution < -0.4 is 5.56 Å². The summed E-state index contributed by atoms with van der Waals surface area (Å²) in [4.78, 5) is 13.9. The zero-order valence-electron chi connectivity index (χ0n) is 7.59. The quantitative estimate of drug-likeness (QED) is 0.691. The monoisotopic (exact) mass is 177 g/mol. The SMILES string of the molecule is CC(C)c1[nH]nc2c(=O)[nH]ccc12. The molecule has 0 amide bonds. The molecular weight excluding hydrogens is 166 g/mol. The van der Waals surface area contributed by atoms with E-state index in [0.29, 0.717) is 11.4 Å². The molecule has 0 fully saturated rings. The number of aromatic nitrogens is 3. The molecule has 2 rings (SSSR count). The van der Waals surface area contributed by atoms with Crippen molar-refractivity contribution in [1.82, 2.24) is 15.2 Å². The highest BCUT2D eigenvalue weighted by molar-refractivity contribution is 5.80. The van der Waals surface area contributed by atoms with Crippen molar-refractivity contribution in [2.24, 2.45) is 0 Å². The van der Waals surface area contributed by atoms with E-state index in [-0.39, 0.29) is 5.56 Å². The predicted molar refractivity (Wildman–Crippen MR) is 50.8 cm³/mol. The van der Waals surface area contributed by atoms with Gasteiger partial charge in [0.15, 0.2) is 5.52 Å². The van der Waals surface area contributed by atoms with E-state index in [0.717, 1.165) is 11.1 Å². The summed E-state index contributed by atoms with van der Waals surface area (Å²) in [5.41, 5.74) is 1.37. The number of pyridine rings is 1. The van der Waals surface area contributed by atoms with Crippen LogP contribution >= 0.6 is 0 Å². The Bertz CT molecular complexity index is 481. The normalized spacial score (nSPS) is 11.3. The average molecular weight is 177 g/mol. The third-order valence-corrected chi connectivity index (χ3v) is 2.09. The maximum absolute atomic E-state index is 11.3. The molecule has 0 radical (unpaired) electrons. The van der Waals surface area contributed by atoms with Crippen LogP contribution in [0.5, 0.6) is 0 Å². The minimum absolute atomic E-state index is 0.138. The summed E-state index contributed by atoms with van der Waals surface area (Å²) in [6.45, 7) is 4.13. The summed E-state index contributed by atoms with van der Waals surface area (Å²) in [7, 11) is 0. The first-order chi connectivity index (χ1) is 6.20. The number of H-pyrrole nitrogens is 2. The highest BCUT2D eigenvalue weighted by atomic mass is 16.1. The van der Waals surface area contributed by atoms with Crippen LogP contribution in [0.3, 0.4) is 0 Å². The van der Waals surface area contributed by atoms with Gasteiger partial charge >= 0.3 is 0 Å². The lowest BCUT2D eigenvalue weighted by Crippen LogP contribution is -2.04. The maximum Gasteiger partial charge on any atom is 0.276 e. The second-order valence-electron chi connectivity index (χ2n) is 3.36. The third kappa shape index (κ3) is 1.14. The van der Waals surface area contributed by atoms with Gasteiger partial charge in [-0.15, -0.1) is 0 Å². The molecule has 2 aromatic heterocycles. The molecule has 0 aromatic carbocycles. The molecule has 4 heteroatoms. The topological polar surface area (TPSA) is 61.5 Å². The average Bonchev–Trinajstić information content (AvgIpc) is 2.48. The van der Waals surface area contributed by atoms with Crippen molar-refractivity contribution in [2.45, 2.75) is 19.8 Å². The Kier molecular flexibility index (Phi) is 1.69. The van der Waals surface area contributed by atoms with E-state index < -0.39 is 0 Å². The lowest BCUT2D eigenvalue weighted by molar-refractivity contribution is 0.818. The molecule has 0 aliphatic carbocycles. The minimum atomic E-state index is -0.138. The number of hydrogen-bond acceptors (Lipinski definition) is 2. The van der Waals surface area contributed by atoms with E-state index in [1.807, 2.05) is 6.07 Å². The van der Waals surface area contributed by atoms with Crippen molar-refractivity contribution in [2.75, 3.05) is 0 Å². The van der Waals surface area contributed by atoms with Gasteiger partial charge in [0.25, 0.3) is 5.56 Å². The number of fused-ring (bicyclic) bond motifs is 1. The van der Waals surface area contributed by atoms with E-state index >= 15 is 0 Å². The summed E-state index contributed by atoms with van der Waals surface area (Å²) >= 11 is 0. The fourth-order valence-corrected chi connectivity index (χ4v) is 1.42. The molecule has 0 spiro atoms. The molecule has 0 saturated heterocycles. The van der Waals surface area contributed by atoms with Crippen molar-refractivity contribution in [3.63, 3.8) is 0 Å². The molecule has 0 saturated carbocycles. The molecule has 0 aliphatic heterocycles. The van der Waals surface area contributed by atoms with Gasteiger partial charge in [-0.2, -0.15) is 5.10 Å². The van der Waals surface area contributed by atoms with Gasteiger partial charge in [0.05, 0.1) is 0 Å². The molecule has 4 nitrogen and oxygen atoms in total. The van der Waals surface area contributed by atoms with Gasteiger partial charge in [0.2, 0.25) is 0 Å². The zero-order valence-corrected chi connectivity index (χ0v) is 7.59. The summed E-state index contributed by atoms with van der Waals surface area (Å²) < 4.78 is 0. The van der Waals surface area contributed by atoms with Crippen LogP contribution in [0.15, 0.2) is 17.1 Å². The summed E-state index contributed by atoms with van der Waals surface area (Å²) in [6, 6.07) is 1.87. The van der Waals surface area contributed by atoms with Crippen molar-refractivity contribution >= 4 is 10.9 Å². The van der Waals surface area contributed by atoms with E-state index in [9.17, 15) is 4.79 Å². The molecule has 0 unspecified atom stereocenters. The Balaban J connectivity index is 2.83. The van der Waals surface area contributed by atoms with Crippen LogP contribution in [-0.4, -0.2) is 15.2 Å². The standard InChI is InChI=1S/C9H11N3O/c1-5(2)7-6-3-4-10-9(13)8(6)12-11-7/h3-5H,1-2H3,(H,10,13)(H,11,12). The van der Waals surface area contributed by atoms with Gasteiger partial charge in [-0.05, 0) is 12.0 Å². The molecule has 0 aliphatic rings.